The predicted molar refractivity (Wildman–Crippen MR) is 80.8 cm³/mol. The third-order valence-corrected chi connectivity index (χ3v) is 4.85. The Kier molecular flexibility index (Phi) is 4.25. The van der Waals surface area contributed by atoms with Gasteiger partial charge in [-0.3, -0.25) is 4.98 Å². The molecular weight excluding hydrogens is 248 g/mol. The van der Waals surface area contributed by atoms with Gasteiger partial charge >= 0.3 is 0 Å². The van der Waals surface area contributed by atoms with Crippen LogP contribution in [0.4, 0.5) is 0 Å². The molecule has 1 N–H and O–H groups in total. The summed E-state index contributed by atoms with van der Waals surface area (Å²) >= 11 is 0. The maximum Gasteiger partial charge on any atom is 0.137 e. The Morgan fingerprint density at radius 3 is 2.80 bits per heavy atom. The van der Waals surface area contributed by atoms with Crippen LogP contribution in [0.1, 0.15) is 51.1 Å². The van der Waals surface area contributed by atoms with Crippen molar-refractivity contribution in [2.45, 2.75) is 45.6 Å². The van der Waals surface area contributed by atoms with Gasteiger partial charge in [-0.1, -0.05) is 20.3 Å². The maximum absolute atomic E-state index is 5.73. The van der Waals surface area contributed by atoms with Crippen molar-refractivity contribution < 1.29 is 4.74 Å². The second-order valence-corrected chi connectivity index (χ2v) is 6.17. The van der Waals surface area contributed by atoms with E-state index in [1.165, 1.54) is 24.8 Å². The van der Waals surface area contributed by atoms with Gasteiger partial charge in [0.1, 0.15) is 5.75 Å². The van der Waals surface area contributed by atoms with Crippen LogP contribution >= 0.6 is 0 Å². The van der Waals surface area contributed by atoms with E-state index in [0.717, 1.165) is 43.1 Å². The number of hydrogen-bond donors (Lipinski definition) is 1. The number of nitrogens with one attached hydrogen (secondary N) is 1. The normalized spacial score (nSPS) is 29.0. The molecule has 3 nitrogen and oxygen atoms in total. The molecule has 1 aromatic rings. The summed E-state index contributed by atoms with van der Waals surface area (Å²) in [6.45, 7) is 6.10. The Balaban J connectivity index is 1.73. The largest absolute Gasteiger partial charge is 0.492 e. The Bertz CT molecular complexity index is 438. The maximum atomic E-state index is 5.73. The van der Waals surface area contributed by atoms with Crippen molar-refractivity contribution >= 4 is 0 Å². The fraction of sp³-hybridized carbons (Fsp3) is 0.706. The van der Waals surface area contributed by atoms with Crippen molar-refractivity contribution in [3.63, 3.8) is 0 Å². The molecule has 3 atom stereocenters. The molecule has 0 radical (unpaired) electrons. The molecule has 2 saturated carbocycles. The van der Waals surface area contributed by atoms with Crippen LogP contribution in [-0.2, 0) is 0 Å². The van der Waals surface area contributed by atoms with Crippen LogP contribution in [0.3, 0.4) is 0 Å². The number of fused-ring (bicyclic) bond motifs is 1. The monoisotopic (exact) mass is 274 g/mol. The second kappa shape index (κ2) is 6.13. The zero-order valence-corrected chi connectivity index (χ0v) is 12.6. The highest BCUT2D eigenvalue weighted by Gasteiger charge is 2.55. The lowest BCUT2D eigenvalue weighted by molar-refractivity contribution is 0.314. The molecule has 0 spiro atoms. The Labute approximate surface area is 122 Å². The van der Waals surface area contributed by atoms with Crippen LogP contribution < -0.4 is 10.1 Å². The minimum Gasteiger partial charge on any atom is -0.492 e. The molecular formula is C17H26N2O. The van der Waals surface area contributed by atoms with Crippen molar-refractivity contribution in [3.05, 3.63) is 24.0 Å². The summed E-state index contributed by atoms with van der Waals surface area (Å²) in [6, 6.07) is 2.65. The molecule has 2 aliphatic carbocycles. The Morgan fingerprint density at radius 1 is 1.30 bits per heavy atom. The molecule has 0 bridgehead atoms. The van der Waals surface area contributed by atoms with E-state index in [1.54, 1.807) is 0 Å². The summed E-state index contributed by atoms with van der Waals surface area (Å²) in [4.78, 5) is 4.38. The van der Waals surface area contributed by atoms with Crippen molar-refractivity contribution in [1.29, 1.82) is 0 Å². The molecule has 3 unspecified atom stereocenters. The summed E-state index contributed by atoms with van der Waals surface area (Å²) in [7, 11) is 0. The average molecular weight is 274 g/mol. The number of aromatic nitrogens is 1. The SMILES string of the molecule is CCCOc1cncc(C(NCC)C2C3CCCC32)c1. The lowest BCUT2D eigenvalue weighted by atomic mass is 9.98. The number of nitrogens with zero attached hydrogens (tertiary/aromatic N) is 1. The molecule has 3 rings (SSSR count). The molecule has 20 heavy (non-hydrogen) atoms. The summed E-state index contributed by atoms with van der Waals surface area (Å²) < 4.78 is 5.73. The highest BCUT2D eigenvalue weighted by molar-refractivity contribution is 5.28. The number of hydrogen-bond acceptors (Lipinski definition) is 3. The molecule has 0 saturated heterocycles. The minimum absolute atomic E-state index is 0.466. The van der Waals surface area contributed by atoms with E-state index in [4.69, 9.17) is 4.74 Å². The van der Waals surface area contributed by atoms with Crippen LogP contribution in [-0.4, -0.2) is 18.1 Å². The average Bonchev–Trinajstić information content (AvgIpc) is 2.94. The first kappa shape index (κ1) is 13.9. The smallest absolute Gasteiger partial charge is 0.137 e. The molecule has 0 amide bonds. The first-order valence-electron chi connectivity index (χ1n) is 8.16. The van der Waals surface area contributed by atoms with E-state index >= 15 is 0 Å². The summed E-state index contributed by atoms with van der Waals surface area (Å²) in [5.41, 5.74) is 1.31. The van der Waals surface area contributed by atoms with Gasteiger partial charge in [0.15, 0.2) is 0 Å². The summed E-state index contributed by atoms with van der Waals surface area (Å²) in [6.07, 6.45) is 9.17. The van der Waals surface area contributed by atoms with E-state index in [2.05, 4.69) is 30.2 Å². The van der Waals surface area contributed by atoms with Gasteiger partial charge in [-0.05, 0) is 55.2 Å². The molecule has 0 aliphatic heterocycles. The lowest BCUT2D eigenvalue weighted by Crippen LogP contribution is -2.24. The Morgan fingerprint density at radius 2 is 2.10 bits per heavy atom. The highest BCUT2D eigenvalue weighted by atomic mass is 16.5. The van der Waals surface area contributed by atoms with Gasteiger partial charge < -0.3 is 10.1 Å². The topological polar surface area (TPSA) is 34.1 Å². The number of pyridine rings is 1. The third-order valence-electron chi connectivity index (χ3n) is 4.85. The Hall–Kier alpha value is -1.09. The lowest BCUT2D eigenvalue weighted by Gasteiger charge is -2.20. The zero-order valence-electron chi connectivity index (χ0n) is 12.6. The van der Waals surface area contributed by atoms with Crippen LogP contribution in [0.25, 0.3) is 0 Å². The van der Waals surface area contributed by atoms with Gasteiger partial charge in [-0.2, -0.15) is 0 Å². The van der Waals surface area contributed by atoms with Gasteiger partial charge in [-0.25, -0.2) is 0 Å². The first-order valence-corrected chi connectivity index (χ1v) is 8.16. The summed E-state index contributed by atoms with van der Waals surface area (Å²) in [5.74, 6) is 3.66. The van der Waals surface area contributed by atoms with Crippen LogP contribution in [0.5, 0.6) is 5.75 Å². The minimum atomic E-state index is 0.466. The van der Waals surface area contributed by atoms with Crippen LogP contribution in [0.2, 0.25) is 0 Å². The fourth-order valence-corrected chi connectivity index (χ4v) is 3.97. The van der Waals surface area contributed by atoms with Crippen molar-refractivity contribution in [3.8, 4) is 5.75 Å². The molecule has 110 valence electrons. The van der Waals surface area contributed by atoms with Crippen molar-refractivity contribution in [2.75, 3.05) is 13.2 Å². The third kappa shape index (κ3) is 2.69. The van der Waals surface area contributed by atoms with E-state index in [9.17, 15) is 0 Å². The van der Waals surface area contributed by atoms with Gasteiger partial charge in [0.2, 0.25) is 0 Å². The molecule has 3 heteroatoms. The molecule has 1 aromatic heterocycles. The molecule has 0 aromatic carbocycles. The van der Waals surface area contributed by atoms with E-state index < -0.39 is 0 Å². The van der Waals surface area contributed by atoms with Crippen LogP contribution in [0.15, 0.2) is 18.5 Å². The van der Waals surface area contributed by atoms with Crippen molar-refractivity contribution in [2.24, 2.45) is 17.8 Å². The van der Waals surface area contributed by atoms with Gasteiger partial charge in [0, 0.05) is 12.2 Å². The van der Waals surface area contributed by atoms with Gasteiger partial charge in [0.25, 0.3) is 0 Å². The summed E-state index contributed by atoms with van der Waals surface area (Å²) in [5, 5.41) is 3.68. The molecule has 2 aliphatic rings. The van der Waals surface area contributed by atoms with E-state index in [1.807, 2.05) is 12.4 Å². The fourth-order valence-electron chi connectivity index (χ4n) is 3.97. The van der Waals surface area contributed by atoms with Crippen molar-refractivity contribution in [1.82, 2.24) is 10.3 Å². The quantitative estimate of drug-likeness (QED) is 0.825. The first-order chi connectivity index (χ1) is 9.85. The molecule has 1 heterocycles. The standard InChI is InChI=1S/C17H26N2O/c1-3-8-20-13-9-12(10-18-11-13)17(19-4-2)16-14-6-5-7-15(14)16/h9-11,14-17,19H,3-8H2,1-2H3. The second-order valence-electron chi connectivity index (χ2n) is 6.17. The van der Waals surface area contributed by atoms with Gasteiger partial charge in [-0.15, -0.1) is 0 Å². The number of ether oxygens (including phenoxy) is 1. The zero-order chi connectivity index (χ0) is 13.9. The van der Waals surface area contributed by atoms with E-state index in [-0.39, 0.29) is 0 Å². The molecule has 2 fully saturated rings. The van der Waals surface area contributed by atoms with E-state index in [0.29, 0.717) is 6.04 Å². The van der Waals surface area contributed by atoms with Gasteiger partial charge in [0.05, 0.1) is 12.8 Å². The number of rotatable bonds is 7. The van der Waals surface area contributed by atoms with Crippen LogP contribution in [0, 0.1) is 17.8 Å². The predicted octanol–water partition coefficient (Wildman–Crippen LogP) is 3.57. The highest BCUT2D eigenvalue weighted by Crippen LogP contribution is 2.62.